The predicted octanol–water partition coefficient (Wildman–Crippen LogP) is 3.74. The van der Waals surface area contributed by atoms with E-state index in [-0.39, 0.29) is 11.9 Å². The number of aryl methyl sites for hydroxylation is 1. The van der Waals surface area contributed by atoms with Crippen molar-refractivity contribution >= 4 is 28.2 Å². The Labute approximate surface area is 185 Å². The lowest BCUT2D eigenvalue weighted by Crippen LogP contribution is -2.48. The summed E-state index contributed by atoms with van der Waals surface area (Å²) in [6.07, 6.45) is 3.61. The molecule has 3 heterocycles. The van der Waals surface area contributed by atoms with Crippen LogP contribution in [0.15, 0.2) is 35.8 Å². The summed E-state index contributed by atoms with van der Waals surface area (Å²) < 4.78 is 12.5. The lowest BCUT2D eigenvalue weighted by atomic mass is 9.73. The molecule has 8 heteroatoms. The van der Waals surface area contributed by atoms with Crippen molar-refractivity contribution in [2.45, 2.75) is 33.1 Å². The van der Waals surface area contributed by atoms with Crippen molar-refractivity contribution in [2.75, 3.05) is 26.8 Å². The van der Waals surface area contributed by atoms with Crippen LogP contribution in [0.2, 0.25) is 0 Å². The number of imidazole rings is 1. The molecule has 0 N–H and O–H groups in total. The predicted molar refractivity (Wildman–Crippen MR) is 119 cm³/mol. The fraction of sp³-hybridized carbons (Fsp3) is 0.435. The maximum atomic E-state index is 13.2. The number of nitrogens with zero attached hydrogens (tertiary/aromatic N) is 3. The van der Waals surface area contributed by atoms with Crippen LogP contribution in [0.3, 0.4) is 0 Å². The van der Waals surface area contributed by atoms with Gasteiger partial charge in [0.05, 0.1) is 24.8 Å². The molecule has 0 saturated carbocycles. The van der Waals surface area contributed by atoms with Gasteiger partial charge in [0.1, 0.15) is 11.4 Å². The van der Waals surface area contributed by atoms with Crippen molar-refractivity contribution in [1.82, 2.24) is 14.3 Å². The van der Waals surface area contributed by atoms with Gasteiger partial charge >= 0.3 is 5.97 Å². The molecule has 4 rings (SSSR count). The Morgan fingerprint density at radius 3 is 2.55 bits per heavy atom. The number of methoxy groups -OCH3 is 1. The van der Waals surface area contributed by atoms with Crippen LogP contribution >= 0.6 is 11.3 Å². The van der Waals surface area contributed by atoms with Gasteiger partial charge in [-0.1, -0.05) is 12.1 Å². The molecule has 2 aromatic heterocycles. The molecule has 164 valence electrons. The van der Waals surface area contributed by atoms with E-state index in [0.29, 0.717) is 44.7 Å². The van der Waals surface area contributed by atoms with Crippen molar-refractivity contribution < 1.29 is 19.1 Å². The van der Waals surface area contributed by atoms with Gasteiger partial charge in [-0.2, -0.15) is 0 Å². The highest BCUT2D eigenvalue weighted by molar-refractivity contribution is 7.15. The second kappa shape index (κ2) is 8.70. The van der Waals surface area contributed by atoms with Crippen molar-refractivity contribution in [3.05, 3.63) is 52.8 Å². The number of esters is 1. The number of carbonyl (C=O) groups excluding carboxylic acids is 2. The third-order valence-electron chi connectivity index (χ3n) is 5.97. The summed E-state index contributed by atoms with van der Waals surface area (Å²) in [6, 6.07) is 7.78. The highest BCUT2D eigenvalue weighted by Gasteiger charge is 2.44. The molecular formula is C23H27N3O4S. The van der Waals surface area contributed by atoms with Crippen LogP contribution in [0.1, 0.15) is 41.5 Å². The van der Waals surface area contributed by atoms with Crippen LogP contribution < -0.4 is 4.74 Å². The summed E-state index contributed by atoms with van der Waals surface area (Å²) in [5, 5.41) is 1.86. The first kappa shape index (κ1) is 21.4. The number of ether oxygens (including phenoxy) is 2. The summed E-state index contributed by atoms with van der Waals surface area (Å²) in [4.78, 5) is 33.2. The topological polar surface area (TPSA) is 73.1 Å². The van der Waals surface area contributed by atoms with Gasteiger partial charge in [0.15, 0.2) is 4.96 Å². The number of carbonyl (C=O) groups is 2. The number of likely N-dealkylation sites (tertiary alicyclic amines) is 1. The summed E-state index contributed by atoms with van der Waals surface area (Å²) in [6.45, 7) is 5.12. The average Bonchev–Trinajstić information content (AvgIpc) is 3.33. The number of hydrogen-bond donors (Lipinski definition) is 0. The fourth-order valence-corrected chi connectivity index (χ4v) is 5.11. The standard InChI is InChI=1S/C23H27N3O4S/c1-4-30-21(28)23(13-17-5-7-18(29-3)8-6-17)9-11-25(12-10-23)20(27)19-15-31-22-24-16(2)14-26(19)22/h5-8,14-15H,4,9-13H2,1-3H3. The minimum Gasteiger partial charge on any atom is -0.497 e. The zero-order chi connectivity index (χ0) is 22.0. The molecule has 3 aromatic rings. The molecule has 31 heavy (non-hydrogen) atoms. The van der Waals surface area contributed by atoms with E-state index in [1.807, 2.05) is 59.0 Å². The number of aromatic nitrogens is 2. The molecule has 0 atom stereocenters. The molecule has 7 nitrogen and oxygen atoms in total. The maximum Gasteiger partial charge on any atom is 0.312 e. The van der Waals surface area contributed by atoms with Gasteiger partial charge in [-0.15, -0.1) is 11.3 Å². The number of fused-ring (bicyclic) bond motifs is 1. The van der Waals surface area contributed by atoms with Gasteiger partial charge < -0.3 is 14.4 Å². The quantitative estimate of drug-likeness (QED) is 0.545. The zero-order valence-electron chi connectivity index (χ0n) is 18.1. The molecule has 1 saturated heterocycles. The van der Waals surface area contributed by atoms with Crippen LogP contribution in [0.5, 0.6) is 5.75 Å². The first-order valence-corrected chi connectivity index (χ1v) is 11.4. The highest BCUT2D eigenvalue weighted by Crippen LogP contribution is 2.37. The Kier molecular flexibility index (Phi) is 6.00. The SMILES string of the molecule is CCOC(=O)C1(Cc2ccc(OC)cc2)CCN(C(=O)c2csc3nc(C)cn23)CC1. The number of piperidine rings is 1. The van der Waals surface area contributed by atoms with E-state index in [4.69, 9.17) is 9.47 Å². The van der Waals surface area contributed by atoms with Crippen molar-refractivity contribution in [1.29, 1.82) is 0 Å². The van der Waals surface area contributed by atoms with Crippen molar-refractivity contribution in [3.63, 3.8) is 0 Å². The number of rotatable bonds is 6. The minimum atomic E-state index is -0.628. The van der Waals surface area contributed by atoms with Crippen LogP contribution in [0, 0.1) is 12.3 Å². The normalized spacial score (nSPS) is 15.8. The van der Waals surface area contributed by atoms with Gasteiger partial charge in [0.2, 0.25) is 0 Å². The van der Waals surface area contributed by atoms with Gasteiger partial charge in [0, 0.05) is 24.7 Å². The average molecular weight is 442 g/mol. The zero-order valence-corrected chi connectivity index (χ0v) is 18.9. The van der Waals surface area contributed by atoms with E-state index in [0.717, 1.165) is 22.0 Å². The minimum absolute atomic E-state index is 0.0226. The number of thiazole rings is 1. The molecule has 1 aliphatic heterocycles. The van der Waals surface area contributed by atoms with E-state index in [1.165, 1.54) is 11.3 Å². The first-order valence-electron chi connectivity index (χ1n) is 10.5. The second-order valence-corrected chi connectivity index (χ2v) is 8.81. The fourth-order valence-electron chi connectivity index (χ4n) is 4.22. The Bertz CT molecular complexity index is 1080. The van der Waals surface area contributed by atoms with Crippen molar-refractivity contribution in [3.8, 4) is 5.75 Å². The number of benzene rings is 1. The van der Waals surface area contributed by atoms with E-state index < -0.39 is 5.41 Å². The molecule has 0 unspecified atom stereocenters. The van der Waals surface area contributed by atoms with Gasteiger partial charge in [-0.25, -0.2) is 4.98 Å². The molecule has 1 aliphatic rings. The Morgan fingerprint density at radius 2 is 1.90 bits per heavy atom. The third kappa shape index (κ3) is 4.17. The molecule has 0 radical (unpaired) electrons. The molecule has 0 aliphatic carbocycles. The van der Waals surface area contributed by atoms with Gasteiger partial charge in [-0.3, -0.25) is 14.0 Å². The van der Waals surface area contributed by atoms with Crippen molar-refractivity contribution in [2.24, 2.45) is 5.41 Å². The number of hydrogen-bond acceptors (Lipinski definition) is 6. The Hall–Kier alpha value is -2.87. The largest absolute Gasteiger partial charge is 0.497 e. The molecule has 1 fully saturated rings. The summed E-state index contributed by atoms with van der Waals surface area (Å²) in [7, 11) is 1.63. The molecule has 0 spiro atoms. The molecule has 1 aromatic carbocycles. The van der Waals surface area contributed by atoms with Crippen LogP contribution in [0.4, 0.5) is 0 Å². The van der Waals surface area contributed by atoms with Crippen LogP contribution in [0.25, 0.3) is 4.96 Å². The van der Waals surface area contributed by atoms with E-state index in [1.54, 1.807) is 7.11 Å². The third-order valence-corrected chi connectivity index (χ3v) is 6.81. The van der Waals surface area contributed by atoms with Gasteiger partial charge in [-0.05, 0) is 50.8 Å². The first-order chi connectivity index (χ1) is 15.0. The lowest BCUT2D eigenvalue weighted by molar-refractivity contribution is -0.158. The lowest BCUT2D eigenvalue weighted by Gasteiger charge is -2.40. The molecule has 1 amide bonds. The number of amides is 1. The maximum absolute atomic E-state index is 13.2. The van der Waals surface area contributed by atoms with E-state index in [9.17, 15) is 9.59 Å². The van der Waals surface area contributed by atoms with Crippen LogP contribution in [-0.4, -0.2) is 53.0 Å². The summed E-state index contributed by atoms with van der Waals surface area (Å²) in [5.41, 5.74) is 1.94. The van der Waals surface area contributed by atoms with E-state index >= 15 is 0 Å². The van der Waals surface area contributed by atoms with E-state index in [2.05, 4.69) is 4.98 Å². The summed E-state index contributed by atoms with van der Waals surface area (Å²) >= 11 is 1.46. The van der Waals surface area contributed by atoms with Crippen LogP contribution in [-0.2, 0) is 16.0 Å². The molecule has 0 bridgehead atoms. The smallest absolute Gasteiger partial charge is 0.312 e. The second-order valence-electron chi connectivity index (χ2n) is 7.97. The summed E-state index contributed by atoms with van der Waals surface area (Å²) in [5.74, 6) is 0.581. The Morgan fingerprint density at radius 1 is 1.19 bits per heavy atom. The Balaban J connectivity index is 1.51. The monoisotopic (exact) mass is 441 g/mol. The highest BCUT2D eigenvalue weighted by atomic mass is 32.1. The molecular weight excluding hydrogens is 414 g/mol. The van der Waals surface area contributed by atoms with Gasteiger partial charge in [0.25, 0.3) is 5.91 Å².